The summed E-state index contributed by atoms with van der Waals surface area (Å²) in [5.41, 5.74) is 0. The van der Waals surface area contributed by atoms with Crippen LogP contribution in [0, 0.1) is 0 Å². The van der Waals surface area contributed by atoms with Crippen molar-refractivity contribution in [1.29, 1.82) is 0 Å². The first-order valence-electron chi connectivity index (χ1n) is 2.47. The maximum absolute atomic E-state index is 10.7. The predicted molar refractivity (Wildman–Crippen MR) is 30.8 cm³/mol. The molecule has 0 spiro atoms. The van der Waals surface area contributed by atoms with Gasteiger partial charge in [0.1, 0.15) is 13.0 Å². The molecule has 0 aliphatic carbocycles. The second kappa shape index (κ2) is 1.27. The smallest absolute Gasteiger partial charge is 0.252 e. The molecule has 6 heteroatoms. The van der Waals surface area contributed by atoms with Gasteiger partial charge in [0.2, 0.25) is 0 Å². The number of hydrogen-bond donors (Lipinski definition) is 0. The van der Waals surface area contributed by atoms with Crippen LogP contribution in [0.2, 0.25) is 0 Å². The van der Waals surface area contributed by atoms with Crippen LogP contribution in [0.15, 0.2) is 4.99 Å². The number of fused-ring (bicyclic) bond motifs is 1. The molecule has 1 fully saturated rings. The fraction of sp³-hybridized carbons (Fsp3) is 0.667. The van der Waals surface area contributed by atoms with E-state index in [1.165, 1.54) is 10.8 Å². The normalized spacial score (nSPS) is 30.0. The minimum absolute atomic E-state index is 0.0938. The van der Waals surface area contributed by atoms with Crippen molar-refractivity contribution in [2.24, 2.45) is 4.99 Å². The number of hydrogen-bond acceptors (Lipinski definition) is 4. The van der Waals surface area contributed by atoms with Crippen LogP contribution in [0.3, 0.4) is 0 Å². The monoisotopic (exact) mass is 147 g/mol. The van der Waals surface area contributed by atoms with E-state index in [1.54, 1.807) is 5.01 Å². The number of hydrazine groups is 1. The van der Waals surface area contributed by atoms with Crippen molar-refractivity contribution in [1.82, 2.24) is 9.42 Å². The number of sulfonamides is 1. The summed E-state index contributed by atoms with van der Waals surface area (Å²) in [4.78, 5) is 3.75. The van der Waals surface area contributed by atoms with E-state index >= 15 is 0 Å². The standard InChI is InChI=1S/C3H5N3O2S/c7-9(8)3-5-1-4-2-6(5)9/h1H,2-3H2. The van der Waals surface area contributed by atoms with E-state index in [4.69, 9.17) is 0 Å². The Labute approximate surface area is 52.6 Å². The molecule has 2 rings (SSSR count). The molecule has 0 aromatic rings. The summed E-state index contributed by atoms with van der Waals surface area (Å²) in [7, 11) is -2.92. The highest BCUT2D eigenvalue weighted by Gasteiger charge is 2.42. The Morgan fingerprint density at radius 3 is 2.78 bits per heavy atom. The third-order valence-electron chi connectivity index (χ3n) is 1.32. The molecule has 0 N–H and O–H groups in total. The quantitative estimate of drug-likeness (QED) is 0.432. The molecule has 0 radical (unpaired) electrons. The van der Waals surface area contributed by atoms with Gasteiger partial charge < -0.3 is 0 Å². The van der Waals surface area contributed by atoms with Gasteiger partial charge in [-0.1, -0.05) is 4.41 Å². The Hall–Kier alpha value is -0.620. The van der Waals surface area contributed by atoms with E-state index in [0.717, 1.165) is 0 Å². The molecule has 0 amide bonds. The van der Waals surface area contributed by atoms with E-state index in [2.05, 4.69) is 4.99 Å². The van der Waals surface area contributed by atoms with Gasteiger partial charge in [0.05, 0.1) is 0 Å². The summed E-state index contributed by atoms with van der Waals surface area (Å²) in [6, 6.07) is 0. The van der Waals surface area contributed by atoms with E-state index in [-0.39, 0.29) is 12.5 Å². The Morgan fingerprint density at radius 1 is 1.56 bits per heavy atom. The van der Waals surface area contributed by atoms with Crippen LogP contribution < -0.4 is 0 Å². The van der Waals surface area contributed by atoms with Gasteiger partial charge in [-0.25, -0.2) is 8.42 Å². The zero-order chi connectivity index (χ0) is 6.48. The molecule has 5 nitrogen and oxygen atoms in total. The molecular weight excluding hydrogens is 142 g/mol. The molecule has 0 aromatic carbocycles. The number of rotatable bonds is 0. The minimum atomic E-state index is -2.92. The average Bonchev–Trinajstić information content (AvgIpc) is 2.10. The Bertz CT molecular complexity index is 256. The second-order valence-electron chi connectivity index (χ2n) is 1.94. The van der Waals surface area contributed by atoms with Gasteiger partial charge in [-0.2, -0.15) is 0 Å². The lowest BCUT2D eigenvalue weighted by atomic mass is 11.1. The molecule has 0 unspecified atom stereocenters. The van der Waals surface area contributed by atoms with E-state index in [0.29, 0.717) is 0 Å². The summed E-state index contributed by atoms with van der Waals surface area (Å²) >= 11 is 0. The summed E-state index contributed by atoms with van der Waals surface area (Å²) in [5, 5.41) is 1.56. The largest absolute Gasteiger partial charge is 0.264 e. The first-order chi connectivity index (χ1) is 4.20. The molecule has 0 saturated carbocycles. The Kier molecular flexibility index (Phi) is 0.732. The Morgan fingerprint density at radius 2 is 2.33 bits per heavy atom. The predicted octanol–water partition coefficient (Wildman–Crippen LogP) is -1.19. The van der Waals surface area contributed by atoms with Crippen LogP contribution in [0.4, 0.5) is 0 Å². The topological polar surface area (TPSA) is 53.0 Å². The van der Waals surface area contributed by atoms with Crippen molar-refractivity contribution in [2.75, 3.05) is 12.5 Å². The van der Waals surface area contributed by atoms with Crippen LogP contribution in [-0.4, -0.2) is 36.7 Å². The first-order valence-corrected chi connectivity index (χ1v) is 4.08. The molecular formula is C3H5N3O2S. The Balaban J connectivity index is 2.33. The van der Waals surface area contributed by atoms with Gasteiger partial charge in [-0.3, -0.25) is 10.0 Å². The highest BCUT2D eigenvalue weighted by atomic mass is 32.2. The SMILES string of the molecule is O=S1(=O)CN2C=NCN21. The molecule has 0 bridgehead atoms. The minimum Gasteiger partial charge on any atom is -0.264 e. The summed E-state index contributed by atoms with van der Waals surface area (Å²) in [6.45, 7) is 0.266. The summed E-state index contributed by atoms with van der Waals surface area (Å²) in [6.07, 6.45) is 1.53. The summed E-state index contributed by atoms with van der Waals surface area (Å²) < 4.78 is 22.6. The van der Waals surface area contributed by atoms with Crippen molar-refractivity contribution in [3.05, 3.63) is 0 Å². The molecule has 2 aliphatic heterocycles. The third-order valence-corrected chi connectivity index (χ3v) is 2.88. The van der Waals surface area contributed by atoms with Gasteiger partial charge in [-0.05, 0) is 0 Å². The zero-order valence-electron chi connectivity index (χ0n) is 4.56. The highest BCUT2D eigenvalue weighted by Crippen LogP contribution is 2.20. The lowest BCUT2D eigenvalue weighted by molar-refractivity contribution is 0.153. The zero-order valence-corrected chi connectivity index (χ0v) is 5.37. The van der Waals surface area contributed by atoms with Gasteiger partial charge >= 0.3 is 0 Å². The lowest BCUT2D eigenvalue weighted by Gasteiger charge is -2.35. The highest BCUT2D eigenvalue weighted by molar-refractivity contribution is 7.90. The van der Waals surface area contributed by atoms with Crippen molar-refractivity contribution < 1.29 is 8.42 Å². The lowest BCUT2D eigenvalue weighted by Crippen LogP contribution is -2.56. The van der Waals surface area contributed by atoms with Crippen molar-refractivity contribution in [2.45, 2.75) is 0 Å². The fourth-order valence-corrected chi connectivity index (χ4v) is 2.01. The number of aliphatic imine (C=N–C) groups is 1. The van der Waals surface area contributed by atoms with Gasteiger partial charge in [0.25, 0.3) is 10.0 Å². The van der Waals surface area contributed by atoms with Gasteiger partial charge in [-0.15, -0.1) is 0 Å². The number of nitrogens with zero attached hydrogens (tertiary/aromatic N) is 3. The fourth-order valence-electron chi connectivity index (χ4n) is 0.860. The summed E-state index contributed by atoms with van der Waals surface area (Å²) in [5.74, 6) is 0.0938. The molecule has 50 valence electrons. The van der Waals surface area contributed by atoms with Gasteiger partial charge in [0, 0.05) is 0 Å². The van der Waals surface area contributed by atoms with Crippen molar-refractivity contribution in [3.8, 4) is 0 Å². The second-order valence-corrected chi connectivity index (χ2v) is 3.79. The van der Waals surface area contributed by atoms with E-state index in [1.807, 2.05) is 0 Å². The maximum Gasteiger partial charge on any atom is 0.252 e. The van der Waals surface area contributed by atoms with E-state index in [9.17, 15) is 8.42 Å². The molecule has 2 aliphatic rings. The van der Waals surface area contributed by atoms with Crippen LogP contribution >= 0.6 is 0 Å². The van der Waals surface area contributed by atoms with Crippen LogP contribution in [-0.2, 0) is 10.0 Å². The van der Waals surface area contributed by atoms with Crippen LogP contribution in [0.1, 0.15) is 0 Å². The van der Waals surface area contributed by atoms with Crippen LogP contribution in [0.5, 0.6) is 0 Å². The van der Waals surface area contributed by atoms with Gasteiger partial charge in [0.15, 0.2) is 5.88 Å². The van der Waals surface area contributed by atoms with Crippen LogP contribution in [0.25, 0.3) is 0 Å². The van der Waals surface area contributed by atoms with E-state index < -0.39 is 10.0 Å². The maximum atomic E-state index is 10.7. The molecule has 2 heterocycles. The molecule has 1 saturated heterocycles. The molecule has 0 aromatic heterocycles. The van der Waals surface area contributed by atoms with Crippen molar-refractivity contribution >= 4 is 16.4 Å². The van der Waals surface area contributed by atoms with Crippen molar-refractivity contribution in [3.63, 3.8) is 0 Å². The molecule has 0 atom stereocenters. The first kappa shape index (κ1) is 5.19. The molecule has 9 heavy (non-hydrogen) atoms. The average molecular weight is 147 g/mol. The third kappa shape index (κ3) is 0.514.